The maximum Gasteiger partial charge on any atom is 0.336 e. The number of esters is 1. The van der Waals surface area contributed by atoms with Crippen LogP contribution >= 0.6 is 0 Å². The lowest BCUT2D eigenvalue weighted by Gasteiger charge is -2.18. The van der Waals surface area contributed by atoms with Crippen LogP contribution in [-0.4, -0.2) is 53.5 Å². The van der Waals surface area contributed by atoms with Crippen molar-refractivity contribution in [1.82, 2.24) is 19.4 Å². The molecule has 3 N–H and O–H groups in total. The molecule has 0 bridgehead atoms. The van der Waals surface area contributed by atoms with Crippen LogP contribution in [0.25, 0.3) is 5.82 Å². The van der Waals surface area contributed by atoms with Crippen molar-refractivity contribution in [1.29, 1.82) is 0 Å². The van der Waals surface area contributed by atoms with Crippen molar-refractivity contribution in [2.24, 2.45) is 12.5 Å². The van der Waals surface area contributed by atoms with Gasteiger partial charge in [-0.15, -0.1) is 0 Å². The molecular weight excluding hydrogens is 678 g/mol. The first-order valence-electron chi connectivity index (χ1n) is 14.9. The number of hydrogen-bond donors (Lipinski definition) is 3. The third kappa shape index (κ3) is 8.28. The number of hydrogen-bond acceptors (Lipinski definition) is 9. The Balaban J connectivity index is 1.50. The third-order valence-electron chi connectivity index (χ3n) is 7.48. The van der Waals surface area contributed by atoms with Crippen molar-refractivity contribution >= 4 is 39.2 Å². The molecule has 0 aliphatic carbocycles. The molecule has 2 heterocycles. The van der Waals surface area contributed by atoms with Gasteiger partial charge in [0, 0.05) is 48.6 Å². The molecule has 0 fully saturated rings. The molecule has 0 unspecified atom stereocenters. The molecule has 0 radical (unpaired) electrons. The molecular formula is C33H34F2N6O8S. The fourth-order valence-corrected chi connectivity index (χ4v) is 5.52. The van der Waals surface area contributed by atoms with Crippen molar-refractivity contribution in [3.8, 4) is 5.82 Å². The number of methoxy groups -OCH3 is 1. The van der Waals surface area contributed by atoms with E-state index in [1.54, 1.807) is 27.7 Å². The SMILES string of the molecule is COC(=O)[C@H](Cc1ccc(-n2c(=O)cc(C)n(C)c2=O)nc1)NC(=O)c1cc(F)c(NS(=O)(=O)c2ccc(NC(=O)C(C)(C)C)cc2)cc1F. The molecule has 4 aromatic rings. The number of nitrogens with zero attached hydrogens (tertiary/aromatic N) is 3. The Morgan fingerprint density at radius 2 is 1.64 bits per heavy atom. The normalized spacial score (nSPS) is 12.2. The molecule has 14 nitrogen and oxygen atoms in total. The number of rotatable bonds is 10. The van der Waals surface area contributed by atoms with Gasteiger partial charge in [0.05, 0.1) is 23.3 Å². The first-order chi connectivity index (χ1) is 23.3. The molecule has 0 saturated heterocycles. The number of carbonyl (C=O) groups excluding carboxylic acids is 3. The topological polar surface area (TPSA) is 188 Å². The smallest absolute Gasteiger partial charge is 0.336 e. The Morgan fingerprint density at radius 1 is 0.980 bits per heavy atom. The highest BCUT2D eigenvalue weighted by Gasteiger charge is 2.27. The quantitative estimate of drug-likeness (QED) is 0.208. The van der Waals surface area contributed by atoms with Crippen molar-refractivity contribution in [2.45, 2.75) is 45.1 Å². The van der Waals surface area contributed by atoms with E-state index < -0.39 is 67.5 Å². The Hall–Kier alpha value is -5.71. The zero-order chi connectivity index (χ0) is 37.1. The number of amides is 2. The number of aryl methyl sites for hydroxylation is 1. The fraction of sp³-hybridized carbons (Fsp3) is 0.273. The zero-order valence-corrected chi connectivity index (χ0v) is 28.6. The van der Waals surface area contributed by atoms with Gasteiger partial charge in [0.25, 0.3) is 21.5 Å². The lowest BCUT2D eigenvalue weighted by Crippen LogP contribution is -2.43. The highest BCUT2D eigenvalue weighted by atomic mass is 32.2. The van der Waals surface area contributed by atoms with Gasteiger partial charge in [0.15, 0.2) is 0 Å². The van der Waals surface area contributed by atoms with Crippen LogP contribution in [0.15, 0.2) is 75.3 Å². The Bertz CT molecular complexity index is 2190. The van der Waals surface area contributed by atoms with Gasteiger partial charge in [-0.1, -0.05) is 26.8 Å². The summed E-state index contributed by atoms with van der Waals surface area (Å²) in [5.41, 5.74) is -2.43. The number of carbonyl (C=O) groups is 3. The molecule has 264 valence electrons. The van der Waals surface area contributed by atoms with Gasteiger partial charge < -0.3 is 19.9 Å². The van der Waals surface area contributed by atoms with Gasteiger partial charge in [0.1, 0.15) is 23.5 Å². The second-order valence-electron chi connectivity index (χ2n) is 12.2. The predicted octanol–water partition coefficient (Wildman–Crippen LogP) is 2.82. The van der Waals surface area contributed by atoms with Crippen molar-refractivity contribution in [3.63, 3.8) is 0 Å². The minimum Gasteiger partial charge on any atom is -0.467 e. The van der Waals surface area contributed by atoms with Crippen molar-refractivity contribution < 1.29 is 36.3 Å². The second-order valence-corrected chi connectivity index (χ2v) is 13.9. The van der Waals surface area contributed by atoms with E-state index in [4.69, 9.17) is 4.74 Å². The average Bonchev–Trinajstić information content (AvgIpc) is 3.05. The van der Waals surface area contributed by atoms with E-state index in [-0.39, 0.29) is 23.0 Å². The predicted molar refractivity (Wildman–Crippen MR) is 178 cm³/mol. The number of nitrogens with one attached hydrogen (secondary N) is 3. The van der Waals surface area contributed by atoms with Crippen LogP contribution in [0.4, 0.5) is 20.2 Å². The minimum atomic E-state index is -4.43. The van der Waals surface area contributed by atoms with E-state index >= 15 is 8.78 Å². The highest BCUT2D eigenvalue weighted by Crippen LogP contribution is 2.25. The van der Waals surface area contributed by atoms with E-state index in [0.717, 1.165) is 23.8 Å². The lowest BCUT2D eigenvalue weighted by atomic mass is 9.95. The summed E-state index contributed by atoms with van der Waals surface area (Å²) in [6.45, 7) is 6.70. The van der Waals surface area contributed by atoms with E-state index in [0.29, 0.717) is 29.1 Å². The summed E-state index contributed by atoms with van der Waals surface area (Å²) in [6, 6.07) is 8.60. The summed E-state index contributed by atoms with van der Waals surface area (Å²) in [6.07, 6.45) is 1.03. The second kappa shape index (κ2) is 14.4. The number of benzene rings is 2. The molecule has 0 aliphatic heterocycles. The Kier molecular flexibility index (Phi) is 10.7. The number of sulfonamides is 1. The molecule has 2 aromatic heterocycles. The molecule has 17 heteroatoms. The van der Waals surface area contributed by atoms with Crippen molar-refractivity contribution in [2.75, 3.05) is 17.1 Å². The van der Waals surface area contributed by atoms with E-state index in [1.807, 2.05) is 4.72 Å². The van der Waals surface area contributed by atoms with Crippen molar-refractivity contribution in [3.05, 3.63) is 110 Å². The van der Waals surface area contributed by atoms with Gasteiger partial charge >= 0.3 is 11.7 Å². The summed E-state index contributed by atoms with van der Waals surface area (Å²) in [4.78, 5) is 66.6. The molecule has 2 aromatic carbocycles. The molecule has 50 heavy (non-hydrogen) atoms. The minimum absolute atomic E-state index is 0.00729. The summed E-state index contributed by atoms with van der Waals surface area (Å²) < 4.78 is 64.8. The molecule has 2 amide bonds. The maximum absolute atomic E-state index is 15.1. The Morgan fingerprint density at radius 3 is 2.22 bits per heavy atom. The standard InChI is InChI=1S/C33H34F2N6O8S/c1-18-13-28(42)41(32(46)40(18)5)27-12-7-19(17-36-27)14-26(30(44)49-6)38-29(43)22-15-24(35)25(16-23(22)34)39-50(47,48)21-10-8-20(9-11-21)37-31(45)33(2,3)4/h7-13,15-17,26,39H,14H2,1-6H3,(H,37,45)(H,38,43)/t26-/m0/s1. The van der Waals surface area contributed by atoms with Crippen LogP contribution in [0.5, 0.6) is 0 Å². The van der Waals surface area contributed by atoms with Crippen LogP contribution < -0.4 is 26.6 Å². The van der Waals surface area contributed by atoms with E-state index in [9.17, 15) is 32.4 Å². The monoisotopic (exact) mass is 712 g/mol. The third-order valence-corrected chi connectivity index (χ3v) is 8.86. The molecule has 1 atom stereocenters. The average molecular weight is 713 g/mol. The first-order valence-corrected chi connectivity index (χ1v) is 16.4. The Labute approximate surface area is 285 Å². The van der Waals surface area contributed by atoms with E-state index in [1.165, 1.54) is 48.1 Å². The largest absolute Gasteiger partial charge is 0.467 e. The number of halogens is 2. The number of anilines is 2. The first kappa shape index (κ1) is 37.1. The van der Waals surface area contributed by atoms with E-state index in [2.05, 4.69) is 15.6 Å². The van der Waals surface area contributed by atoms with Crippen LogP contribution in [0.1, 0.15) is 42.4 Å². The summed E-state index contributed by atoms with van der Waals surface area (Å²) in [5.74, 6) is -5.03. The van der Waals surface area contributed by atoms with Crippen LogP contribution in [0.2, 0.25) is 0 Å². The summed E-state index contributed by atoms with van der Waals surface area (Å²) in [7, 11) is -1.89. The van der Waals surface area contributed by atoms with Gasteiger partial charge in [-0.2, -0.15) is 0 Å². The zero-order valence-electron chi connectivity index (χ0n) is 27.8. The number of pyridine rings is 1. The summed E-state index contributed by atoms with van der Waals surface area (Å²) >= 11 is 0. The maximum atomic E-state index is 15.1. The van der Waals surface area contributed by atoms with Crippen LogP contribution in [0, 0.1) is 24.0 Å². The lowest BCUT2D eigenvalue weighted by molar-refractivity contribution is -0.142. The summed E-state index contributed by atoms with van der Waals surface area (Å²) in [5, 5.41) is 4.92. The molecule has 0 saturated carbocycles. The number of ether oxygens (including phenoxy) is 1. The molecule has 4 rings (SSSR count). The van der Waals surface area contributed by atoms with Gasteiger partial charge in [-0.3, -0.25) is 19.1 Å². The van der Waals surface area contributed by atoms with Crippen LogP contribution in [0.3, 0.4) is 0 Å². The fourth-order valence-electron chi connectivity index (χ4n) is 4.46. The number of aromatic nitrogens is 3. The highest BCUT2D eigenvalue weighted by molar-refractivity contribution is 7.92. The van der Waals surface area contributed by atoms with Gasteiger partial charge in [-0.05, 0) is 48.9 Å². The van der Waals surface area contributed by atoms with Crippen LogP contribution in [-0.2, 0) is 37.8 Å². The van der Waals surface area contributed by atoms with Gasteiger partial charge in [-0.25, -0.2) is 36.3 Å². The van der Waals surface area contributed by atoms with Gasteiger partial charge in [0.2, 0.25) is 5.91 Å². The molecule has 0 aliphatic rings. The molecule has 0 spiro atoms.